The highest BCUT2D eigenvalue weighted by molar-refractivity contribution is 6.21. The molecule has 0 saturated heterocycles. The lowest BCUT2D eigenvalue weighted by Crippen LogP contribution is -2.35. The Morgan fingerprint density at radius 1 is 0.656 bits per heavy atom. The van der Waals surface area contributed by atoms with Crippen LogP contribution in [-0.2, 0) is 12.8 Å². The maximum atomic E-state index is 12.6. The summed E-state index contributed by atoms with van der Waals surface area (Å²) >= 11 is 0. The molecule has 0 bridgehead atoms. The van der Waals surface area contributed by atoms with Crippen LogP contribution in [0.25, 0.3) is 0 Å². The summed E-state index contributed by atoms with van der Waals surface area (Å²) in [6.07, 6.45) is 6.49. The molecule has 162 valence electrons. The number of nitrogens with zero attached hydrogens (tertiary/aromatic N) is 1. The van der Waals surface area contributed by atoms with Crippen LogP contribution in [0.2, 0.25) is 0 Å². The van der Waals surface area contributed by atoms with Crippen LogP contribution in [0.5, 0.6) is 0 Å². The molecule has 3 aliphatic rings. The third-order valence-electron chi connectivity index (χ3n) is 6.89. The third-order valence-corrected chi connectivity index (χ3v) is 6.89. The number of benzene rings is 3. The van der Waals surface area contributed by atoms with Crippen molar-refractivity contribution >= 4 is 11.8 Å². The van der Waals surface area contributed by atoms with Crippen molar-refractivity contribution in [3.63, 3.8) is 0 Å². The summed E-state index contributed by atoms with van der Waals surface area (Å²) in [4.78, 5) is 26.7. The highest BCUT2D eigenvalue weighted by atomic mass is 16.2. The molecule has 2 atom stereocenters. The minimum absolute atomic E-state index is 0.123. The third kappa shape index (κ3) is 3.65. The number of rotatable bonds is 1. The van der Waals surface area contributed by atoms with Crippen LogP contribution in [0.4, 0.5) is 0 Å². The van der Waals surface area contributed by atoms with E-state index >= 15 is 0 Å². The van der Waals surface area contributed by atoms with Crippen molar-refractivity contribution in [2.24, 2.45) is 5.73 Å². The van der Waals surface area contributed by atoms with Crippen molar-refractivity contribution in [3.8, 4) is 0 Å². The zero-order chi connectivity index (χ0) is 22.1. The first kappa shape index (κ1) is 20.7. The predicted octanol–water partition coefficient (Wildman–Crippen LogP) is 5.38. The number of fused-ring (bicyclic) bond motifs is 3. The number of carbonyl (C=O) groups is 2. The van der Waals surface area contributed by atoms with Gasteiger partial charge in [-0.15, -0.1) is 0 Å². The van der Waals surface area contributed by atoms with Gasteiger partial charge in [-0.25, -0.2) is 0 Å². The van der Waals surface area contributed by atoms with Crippen molar-refractivity contribution in [2.45, 2.75) is 50.6 Å². The van der Waals surface area contributed by atoms with Gasteiger partial charge in [-0.2, -0.15) is 0 Å². The Labute approximate surface area is 189 Å². The molecule has 2 N–H and O–H groups in total. The van der Waals surface area contributed by atoms with Crippen molar-refractivity contribution in [2.75, 3.05) is 0 Å². The maximum absolute atomic E-state index is 12.6. The summed E-state index contributed by atoms with van der Waals surface area (Å²) in [6, 6.07) is 23.9. The molecule has 4 heteroatoms. The SMILES string of the molecule is NC1CCCc2ccccc21.O=C1c2ccccc2C(=O)N1C1CCCc2ccccc21. The van der Waals surface area contributed by atoms with E-state index in [-0.39, 0.29) is 17.9 Å². The fourth-order valence-electron chi connectivity index (χ4n) is 5.28. The van der Waals surface area contributed by atoms with E-state index in [2.05, 4.69) is 30.3 Å². The van der Waals surface area contributed by atoms with Crippen LogP contribution < -0.4 is 5.73 Å². The van der Waals surface area contributed by atoms with E-state index in [1.54, 1.807) is 12.1 Å². The monoisotopic (exact) mass is 424 g/mol. The Morgan fingerprint density at radius 3 is 1.78 bits per heavy atom. The zero-order valence-corrected chi connectivity index (χ0v) is 18.2. The molecule has 3 aromatic carbocycles. The van der Waals surface area contributed by atoms with Crippen LogP contribution in [-0.4, -0.2) is 16.7 Å². The summed E-state index contributed by atoms with van der Waals surface area (Å²) < 4.78 is 0. The average molecular weight is 425 g/mol. The number of nitrogens with two attached hydrogens (primary N) is 1. The molecule has 0 saturated carbocycles. The van der Waals surface area contributed by atoms with Crippen LogP contribution >= 0.6 is 0 Å². The summed E-state index contributed by atoms with van der Waals surface area (Å²) in [7, 11) is 0. The zero-order valence-electron chi connectivity index (χ0n) is 18.2. The van der Waals surface area contributed by atoms with Gasteiger partial charge in [-0.3, -0.25) is 14.5 Å². The van der Waals surface area contributed by atoms with Crippen LogP contribution in [0.15, 0.2) is 72.8 Å². The van der Waals surface area contributed by atoms with E-state index in [1.165, 1.54) is 34.4 Å². The summed E-state index contributed by atoms with van der Waals surface area (Å²) in [5, 5.41) is 0. The lowest BCUT2D eigenvalue weighted by atomic mass is 9.87. The van der Waals surface area contributed by atoms with Gasteiger partial charge in [-0.05, 0) is 72.9 Å². The van der Waals surface area contributed by atoms with Crippen molar-refractivity contribution in [1.82, 2.24) is 4.90 Å². The van der Waals surface area contributed by atoms with E-state index < -0.39 is 0 Å². The molecule has 6 rings (SSSR count). The van der Waals surface area contributed by atoms with E-state index in [4.69, 9.17) is 5.73 Å². The smallest absolute Gasteiger partial charge is 0.262 e. The van der Waals surface area contributed by atoms with Gasteiger partial charge in [0.2, 0.25) is 0 Å². The molecule has 3 aromatic rings. The highest BCUT2D eigenvalue weighted by Crippen LogP contribution is 2.38. The minimum Gasteiger partial charge on any atom is -0.324 e. The quantitative estimate of drug-likeness (QED) is 0.533. The van der Waals surface area contributed by atoms with E-state index in [9.17, 15) is 9.59 Å². The molecule has 2 amide bonds. The average Bonchev–Trinajstić information content (AvgIpc) is 3.09. The van der Waals surface area contributed by atoms with Crippen molar-refractivity contribution < 1.29 is 9.59 Å². The van der Waals surface area contributed by atoms with E-state index in [0.29, 0.717) is 17.2 Å². The Bertz CT molecular complexity index is 1130. The Balaban J connectivity index is 0.000000165. The summed E-state index contributed by atoms with van der Waals surface area (Å²) in [5.74, 6) is -0.311. The number of aryl methyl sites for hydroxylation is 2. The maximum Gasteiger partial charge on any atom is 0.262 e. The van der Waals surface area contributed by atoms with Gasteiger partial charge in [-0.1, -0.05) is 60.7 Å². The van der Waals surface area contributed by atoms with Gasteiger partial charge in [0.25, 0.3) is 11.8 Å². The van der Waals surface area contributed by atoms with Gasteiger partial charge in [0.1, 0.15) is 0 Å². The minimum atomic E-state index is -0.155. The second kappa shape index (κ2) is 8.71. The number of carbonyl (C=O) groups excluding carboxylic acids is 2. The van der Waals surface area contributed by atoms with Crippen molar-refractivity contribution in [3.05, 3.63) is 106 Å². The van der Waals surface area contributed by atoms with Crippen LogP contribution in [0.1, 0.15) is 80.7 Å². The largest absolute Gasteiger partial charge is 0.324 e. The second-order valence-corrected chi connectivity index (χ2v) is 8.83. The molecule has 2 unspecified atom stereocenters. The fraction of sp³-hybridized carbons (Fsp3) is 0.286. The number of amides is 2. The lowest BCUT2D eigenvalue weighted by Gasteiger charge is -2.31. The Morgan fingerprint density at radius 2 is 1.16 bits per heavy atom. The molecule has 0 spiro atoms. The first-order valence-electron chi connectivity index (χ1n) is 11.5. The van der Waals surface area contributed by atoms with E-state index in [1.807, 2.05) is 30.3 Å². The molecule has 0 fully saturated rings. The summed E-state index contributed by atoms with van der Waals surface area (Å²) in [6.45, 7) is 0. The Hall–Kier alpha value is -3.24. The van der Waals surface area contributed by atoms with E-state index in [0.717, 1.165) is 31.2 Å². The molecule has 1 heterocycles. The number of hydrogen-bond acceptors (Lipinski definition) is 3. The fourth-order valence-corrected chi connectivity index (χ4v) is 5.28. The van der Waals surface area contributed by atoms with Gasteiger partial charge in [0, 0.05) is 6.04 Å². The molecule has 4 nitrogen and oxygen atoms in total. The molecular formula is C28H28N2O2. The standard InChI is InChI=1S/C18H15NO2.C10H13N/c20-17-14-9-3-4-10-15(14)18(21)19(17)16-11-5-7-12-6-1-2-8-13(12)16;11-10-7-3-5-8-4-1-2-6-9(8)10/h1-4,6,8-10,16H,5,7,11H2;1-2,4,6,10H,3,5,7,11H2. The topological polar surface area (TPSA) is 63.4 Å². The molecule has 1 aliphatic heterocycles. The highest BCUT2D eigenvalue weighted by Gasteiger charge is 2.41. The molecule has 0 radical (unpaired) electrons. The Kier molecular flexibility index (Phi) is 5.62. The molecule has 2 aliphatic carbocycles. The predicted molar refractivity (Wildman–Crippen MR) is 125 cm³/mol. The first-order chi connectivity index (χ1) is 15.6. The molecule has 32 heavy (non-hydrogen) atoms. The van der Waals surface area contributed by atoms with Crippen LogP contribution in [0.3, 0.4) is 0 Å². The number of hydrogen-bond donors (Lipinski definition) is 1. The summed E-state index contributed by atoms with van der Waals surface area (Å²) in [5.41, 5.74) is 12.2. The van der Waals surface area contributed by atoms with Crippen LogP contribution in [0, 0.1) is 0 Å². The van der Waals surface area contributed by atoms with Crippen molar-refractivity contribution in [1.29, 1.82) is 0 Å². The first-order valence-corrected chi connectivity index (χ1v) is 11.5. The second-order valence-electron chi connectivity index (χ2n) is 8.83. The molecule has 0 aromatic heterocycles. The van der Waals surface area contributed by atoms with Gasteiger partial charge in [0.15, 0.2) is 0 Å². The number of imide groups is 1. The normalized spacial score (nSPS) is 21.2. The van der Waals surface area contributed by atoms with Gasteiger partial charge >= 0.3 is 0 Å². The molecular weight excluding hydrogens is 396 g/mol. The van der Waals surface area contributed by atoms with Gasteiger partial charge < -0.3 is 5.73 Å². The van der Waals surface area contributed by atoms with Gasteiger partial charge in [0.05, 0.1) is 17.2 Å². The lowest BCUT2D eigenvalue weighted by molar-refractivity contribution is 0.0566.